The summed E-state index contributed by atoms with van der Waals surface area (Å²) in [5.74, 6) is -0.111. The van der Waals surface area contributed by atoms with E-state index in [9.17, 15) is 9.59 Å². The van der Waals surface area contributed by atoms with Gasteiger partial charge in [0.25, 0.3) is 0 Å². The Morgan fingerprint density at radius 2 is 1.81 bits per heavy atom. The van der Waals surface area contributed by atoms with E-state index in [2.05, 4.69) is 31.1 Å². The number of ether oxygens (including phenoxy) is 1. The van der Waals surface area contributed by atoms with Crippen molar-refractivity contribution in [1.29, 1.82) is 0 Å². The molecule has 5 nitrogen and oxygen atoms in total. The Bertz CT molecular complexity index is 481. The first kappa shape index (κ1) is 16.9. The SMILES string of the molecule is C=CCNC(=O)COCC(=O)Nc1ccc(C(C)C)cc1. The van der Waals surface area contributed by atoms with Gasteiger partial charge in [-0.25, -0.2) is 0 Å². The maximum absolute atomic E-state index is 11.6. The second kappa shape index (κ2) is 8.92. The van der Waals surface area contributed by atoms with Crippen LogP contribution in [-0.4, -0.2) is 31.6 Å². The third-order valence-corrected chi connectivity index (χ3v) is 2.77. The number of nitrogens with one attached hydrogen (secondary N) is 2. The fourth-order valence-corrected chi connectivity index (χ4v) is 1.62. The van der Waals surface area contributed by atoms with Gasteiger partial charge in [-0.3, -0.25) is 9.59 Å². The lowest BCUT2D eigenvalue weighted by Gasteiger charge is -2.09. The fraction of sp³-hybridized carbons (Fsp3) is 0.375. The van der Waals surface area contributed by atoms with Crippen LogP contribution in [0, 0.1) is 0 Å². The predicted octanol–water partition coefficient (Wildman–Crippen LogP) is 2.07. The minimum Gasteiger partial charge on any atom is -0.362 e. The molecule has 0 fully saturated rings. The zero-order chi connectivity index (χ0) is 15.7. The van der Waals surface area contributed by atoms with Crippen molar-refractivity contribution in [3.05, 3.63) is 42.5 Å². The van der Waals surface area contributed by atoms with E-state index in [1.807, 2.05) is 24.3 Å². The first-order valence-electron chi connectivity index (χ1n) is 6.88. The van der Waals surface area contributed by atoms with E-state index in [0.29, 0.717) is 18.2 Å². The lowest BCUT2D eigenvalue weighted by atomic mass is 10.0. The first-order chi connectivity index (χ1) is 10.0. The molecule has 0 aliphatic carbocycles. The standard InChI is InChI=1S/C16H22N2O3/c1-4-9-17-15(19)10-21-11-16(20)18-14-7-5-13(6-8-14)12(2)3/h4-8,12H,1,9-11H2,2-3H3,(H,17,19)(H,18,20). The molecule has 2 amide bonds. The summed E-state index contributed by atoms with van der Waals surface area (Å²) < 4.78 is 5.03. The van der Waals surface area contributed by atoms with Crippen LogP contribution in [0.1, 0.15) is 25.3 Å². The van der Waals surface area contributed by atoms with E-state index in [1.165, 1.54) is 5.56 Å². The highest BCUT2D eigenvalue weighted by Crippen LogP contribution is 2.16. The Labute approximate surface area is 125 Å². The lowest BCUT2D eigenvalue weighted by Crippen LogP contribution is -2.29. The number of benzene rings is 1. The molecule has 0 atom stereocenters. The van der Waals surface area contributed by atoms with Gasteiger partial charge < -0.3 is 15.4 Å². The number of hydrogen-bond acceptors (Lipinski definition) is 3. The van der Waals surface area contributed by atoms with Crippen LogP contribution in [-0.2, 0) is 14.3 Å². The second-order valence-electron chi connectivity index (χ2n) is 4.91. The summed E-state index contributed by atoms with van der Waals surface area (Å²) in [7, 11) is 0. The zero-order valence-electron chi connectivity index (χ0n) is 12.5. The molecule has 0 saturated heterocycles. The molecule has 0 aromatic heterocycles. The largest absolute Gasteiger partial charge is 0.362 e. The van der Waals surface area contributed by atoms with Gasteiger partial charge >= 0.3 is 0 Å². The third-order valence-electron chi connectivity index (χ3n) is 2.77. The highest BCUT2D eigenvalue weighted by atomic mass is 16.5. The van der Waals surface area contributed by atoms with Crippen LogP contribution in [0.15, 0.2) is 36.9 Å². The van der Waals surface area contributed by atoms with E-state index in [1.54, 1.807) is 6.08 Å². The Morgan fingerprint density at radius 3 is 2.38 bits per heavy atom. The van der Waals surface area contributed by atoms with Crippen molar-refractivity contribution in [1.82, 2.24) is 5.32 Å². The van der Waals surface area contributed by atoms with Crippen LogP contribution in [0.5, 0.6) is 0 Å². The average Bonchev–Trinajstić information content (AvgIpc) is 2.45. The molecule has 21 heavy (non-hydrogen) atoms. The number of amides is 2. The molecule has 1 aromatic rings. The molecule has 1 aromatic carbocycles. The molecule has 0 bridgehead atoms. The third kappa shape index (κ3) is 6.72. The summed E-state index contributed by atoms with van der Waals surface area (Å²) in [4.78, 5) is 22.9. The highest BCUT2D eigenvalue weighted by molar-refractivity contribution is 5.91. The van der Waals surface area contributed by atoms with Gasteiger partial charge in [0.2, 0.25) is 11.8 Å². The molecule has 0 aliphatic rings. The van der Waals surface area contributed by atoms with Crippen LogP contribution in [0.3, 0.4) is 0 Å². The van der Waals surface area contributed by atoms with Crippen LogP contribution in [0.4, 0.5) is 5.69 Å². The minimum atomic E-state index is -0.288. The molecule has 0 spiro atoms. The zero-order valence-corrected chi connectivity index (χ0v) is 12.5. The summed E-state index contributed by atoms with van der Waals surface area (Å²) in [6.07, 6.45) is 1.57. The summed E-state index contributed by atoms with van der Waals surface area (Å²) in [6.45, 7) is 7.79. The van der Waals surface area contributed by atoms with E-state index < -0.39 is 0 Å². The summed E-state index contributed by atoms with van der Waals surface area (Å²) in [5.41, 5.74) is 1.92. The molecule has 114 valence electrons. The summed E-state index contributed by atoms with van der Waals surface area (Å²) in [5, 5.41) is 5.27. The second-order valence-corrected chi connectivity index (χ2v) is 4.91. The molecular weight excluding hydrogens is 268 g/mol. The Kier molecular flexibility index (Phi) is 7.18. The van der Waals surface area contributed by atoms with Crippen molar-refractivity contribution < 1.29 is 14.3 Å². The average molecular weight is 290 g/mol. The van der Waals surface area contributed by atoms with Crippen molar-refractivity contribution in [2.24, 2.45) is 0 Å². The fourth-order valence-electron chi connectivity index (χ4n) is 1.62. The molecule has 1 rings (SSSR count). The molecule has 0 unspecified atom stereocenters. The van der Waals surface area contributed by atoms with Gasteiger partial charge in [0, 0.05) is 12.2 Å². The Hall–Kier alpha value is -2.14. The van der Waals surface area contributed by atoms with Crippen LogP contribution >= 0.6 is 0 Å². The molecule has 0 heterocycles. The molecular formula is C16H22N2O3. The maximum Gasteiger partial charge on any atom is 0.250 e. The molecule has 2 N–H and O–H groups in total. The van der Waals surface area contributed by atoms with E-state index in [0.717, 1.165) is 0 Å². The van der Waals surface area contributed by atoms with Gasteiger partial charge in [-0.05, 0) is 23.6 Å². The predicted molar refractivity (Wildman–Crippen MR) is 83.2 cm³/mol. The smallest absolute Gasteiger partial charge is 0.250 e. The molecule has 5 heteroatoms. The number of hydrogen-bond donors (Lipinski definition) is 2. The molecule has 0 aliphatic heterocycles. The van der Waals surface area contributed by atoms with Crippen LogP contribution in [0.25, 0.3) is 0 Å². The van der Waals surface area contributed by atoms with Crippen molar-refractivity contribution in [2.75, 3.05) is 25.1 Å². The van der Waals surface area contributed by atoms with E-state index >= 15 is 0 Å². The van der Waals surface area contributed by atoms with Crippen LogP contribution in [0.2, 0.25) is 0 Å². The van der Waals surface area contributed by atoms with Gasteiger partial charge in [0.05, 0.1) is 0 Å². The lowest BCUT2D eigenvalue weighted by molar-refractivity contribution is -0.128. The summed E-state index contributed by atoms with van der Waals surface area (Å²) >= 11 is 0. The van der Waals surface area contributed by atoms with Crippen molar-refractivity contribution in [3.63, 3.8) is 0 Å². The Balaban J connectivity index is 2.30. The minimum absolute atomic E-state index is 0.145. The van der Waals surface area contributed by atoms with Gasteiger partial charge in [-0.2, -0.15) is 0 Å². The topological polar surface area (TPSA) is 67.4 Å². The first-order valence-corrected chi connectivity index (χ1v) is 6.88. The van der Waals surface area contributed by atoms with Crippen molar-refractivity contribution >= 4 is 17.5 Å². The monoisotopic (exact) mass is 290 g/mol. The molecule has 0 saturated carbocycles. The Morgan fingerprint density at radius 1 is 1.19 bits per heavy atom. The number of carbonyl (C=O) groups is 2. The number of anilines is 1. The van der Waals surface area contributed by atoms with E-state index in [-0.39, 0.29) is 25.0 Å². The highest BCUT2D eigenvalue weighted by Gasteiger charge is 2.06. The van der Waals surface area contributed by atoms with E-state index in [4.69, 9.17) is 4.74 Å². The van der Waals surface area contributed by atoms with Gasteiger partial charge in [-0.15, -0.1) is 6.58 Å². The van der Waals surface area contributed by atoms with Crippen LogP contribution < -0.4 is 10.6 Å². The van der Waals surface area contributed by atoms with Gasteiger partial charge in [-0.1, -0.05) is 32.1 Å². The molecule has 0 radical (unpaired) electrons. The normalized spacial score (nSPS) is 10.2. The van der Waals surface area contributed by atoms with Gasteiger partial charge in [0.15, 0.2) is 0 Å². The number of rotatable bonds is 8. The summed E-state index contributed by atoms with van der Waals surface area (Å²) in [6, 6.07) is 7.65. The quantitative estimate of drug-likeness (QED) is 0.720. The number of carbonyl (C=O) groups excluding carboxylic acids is 2. The maximum atomic E-state index is 11.6. The van der Waals surface area contributed by atoms with Crippen molar-refractivity contribution in [3.8, 4) is 0 Å². The van der Waals surface area contributed by atoms with Gasteiger partial charge in [0.1, 0.15) is 13.2 Å². The van der Waals surface area contributed by atoms with Crippen molar-refractivity contribution in [2.45, 2.75) is 19.8 Å².